The Morgan fingerprint density at radius 2 is 0.881 bits per heavy atom. The number of nitrogens with zero attached hydrogens (tertiary/aromatic N) is 3. The van der Waals surface area contributed by atoms with E-state index in [1.54, 1.807) is 0 Å². The van der Waals surface area contributed by atoms with Crippen molar-refractivity contribution in [3.05, 3.63) is 108 Å². The van der Waals surface area contributed by atoms with Crippen LogP contribution in [0.25, 0.3) is 32.7 Å². The predicted octanol–water partition coefficient (Wildman–Crippen LogP) is 8.05. The zero-order chi connectivity index (χ0) is 29.5. The van der Waals surface area contributed by atoms with Gasteiger partial charge in [-0.2, -0.15) is 8.42 Å². The molecule has 0 radical (unpaired) electrons. The third kappa shape index (κ3) is 4.65. The quantitative estimate of drug-likeness (QED) is 0.146. The minimum Gasteiger partial charge on any atom is -0.347 e. The molecule has 0 saturated heterocycles. The van der Waals surface area contributed by atoms with Gasteiger partial charge in [0, 0.05) is 87.6 Å². The lowest BCUT2D eigenvalue weighted by Gasteiger charge is -2.33. The highest BCUT2D eigenvalue weighted by Gasteiger charge is 2.47. The first-order valence-corrected chi connectivity index (χ1v) is 16.8. The summed E-state index contributed by atoms with van der Waals surface area (Å²) in [6.07, 6.45) is 10.4. The zero-order valence-corrected chi connectivity index (χ0v) is 25.7. The van der Waals surface area contributed by atoms with Crippen LogP contribution in [0.2, 0.25) is 0 Å². The smallest absolute Gasteiger partial charge is 0.265 e. The van der Waals surface area contributed by atoms with Gasteiger partial charge in [-0.1, -0.05) is 75.4 Å². The van der Waals surface area contributed by atoms with Crippen LogP contribution < -0.4 is 0 Å². The molecule has 3 heterocycles. The van der Waals surface area contributed by atoms with Gasteiger partial charge >= 0.3 is 0 Å². The number of benzene rings is 3. The highest BCUT2D eigenvalue weighted by molar-refractivity contribution is 7.86. The Morgan fingerprint density at radius 1 is 0.571 bits per heavy atom. The molecule has 0 aliphatic rings. The lowest BCUT2D eigenvalue weighted by atomic mass is 9.80. The van der Waals surface area contributed by atoms with Crippen molar-refractivity contribution in [3.8, 4) is 0 Å². The van der Waals surface area contributed by atoms with Crippen LogP contribution in [0.4, 0.5) is 0 Å². The van der Waals surface area contributed by atoms with Crippen molar-refractivity contribution in [3.63, 3.8) is 0 Å². The summed E-state index contributed by atoms with van der Waals surface area (Å²) in [5, 5.41) is 2.94. The molecule has 0 bridgehead atoms. The summed E-state index contributed by atoms with van der Waals surface area (Å²) < 4.78 is 40.4. The summed E-state index contributed by atoms with van der Waals surface area (Å²) in [6.45, 7) is 8.91. The molecular formula is C35H39N3O3S. The molecule has 0 aliphatic carbocycles. The van der Waals surface area contributed by atoms with E-state index in [0.717, 1.165) is 88.3 Å². The van der Waals surface area contributed by atoms with Crippen molar-refractivity contribution in [2.75, 3.05) is 6.26 Å². The zero-order valence-electron chi connectivity index (χ0n) is 24.9. The molecule has 3 aromatic heterocycles. The molecule has 0 saturated carbocycles. The number of aromatic nitrogens is 3. The van der Waals surface area contributed by atoms with Crippen molar-refractivity contribution >= 4 is 42.8 Å². The van der Waals surface area contributed by atoms with E-state index in [9.17, 15) is 8.42 Å². The van der Waals surface area contributed by atoms with Crippen LogP contribution in [0.1, 0.15) is 56.7 Å². The summed E-state index contributed by atoms with van der Waals surface area (Å²) >= 11 is 0. The second-order valence-corrected chi connectivity index (χ2v) is 12.8. The molecule has 0 N–H and O–H groups in total. The van der Waals surface area contributed by atoms with Crippen LogP contribution in [0, 0.1) is 0 Å². The summed E-state index contributed by atoms with van der Waals surface area (Å²) in [5.41, 5.74) is 4.23. The van der Waals surface area contributed by atoms with Crippen LogP contribution >= 0.6 is 0 Å². The minimum absolute atomic E-state index is 0.810. The molecule has 0 amide bonds. The van der Waals surface area contributed by atoms with Crippen molar-refractivity contribution in [1.82, 2.24) is 13.7 Å². The van der Waals surface area contributed by atoms with E-state index < -0.39 is 15.7 Å². The van der Waals surface area contributed by atoms with E-state index in [1.165, 1.54) is 6.26 Å². The van der Waals surface area contributed by atoms with Gasteiger partial charge in [-0.05, 0) is 37.5 Å². The third-order valence-electron chi connectivity index (χ3n) is 8.17. The van der Waals surface area contributed by atoms with Gasteiger partial charge in [-0.3, -0.25) is 0 Å². The van der Waals surface area contributed by atoms with Crippen molar-refractivity contribution < 1.29 is 12.6 Å². The number of hydrogen-bond donors (Lipinski definition) is 0. The van der Waals surface area contributed by atoms with E-state index in [0.29, 0.717) is 0 Å². The second-order valence-electron chi connectivity index (χ2n) is 11.2. The molecule has 42 heavy (non-hydrogen) atoms. The average Bonchev–Trinajstić information content (AvgIpc) is 3.65. The lowest BCUT2D eigenvalue weighted by Crippen LogP contribution is -2.35. The molecule has 0 atom stereocenters. The van der Waals surface area contributed by atoms with Crippen LogP contribution in [0.3, 0.4) is 0 Å². The summed E-state index contributed by atoms with van der Waals surface area (Å²) in [6, 6.07) is 24.8. The van der Waals surface area contributed by atoms with E-state index in [-0.39, 0.29) is 0 Å². The first kappa shape index (κ1) is 28.3. The monoisotopic (exact) mass is 581 g/mol. The Labute approximate surface area is 248 Å². The maximum atomic E-state index is 13.5. The number of hydrogen-bond acceptors (Lipinski definition) is 3. The van der Waals surface area contributed by atoms with Crippen LogP contribution in [-0.4, -0.2) is 28.4 Å². The topological polar surface area (TPSA) is 58.2 Å². The fourth-order valence-corrected chi connectivity index (χ4v) is 7.38. The average molecular weight is 582 g/mol. The van der Waals surface area contributed by atoms with Gasteiger partial charge in [-0.25, -0.2) is 4.18 Å². The Balaban J connectivity index is 1.85. The Morgan fingerprint density at radius 3 is 1.17 bits per heavy atom. The molecule has 218 valence electrons. The maximum absolute atomic E-state index is 13.5. The second kappa shape index (κ2) is 11.1. The summed E-state index contributed by atoms with van der Waals surface area (Å²) in [7, 11) is -3.97. The lowest BCUT2D eigenvalue weighted by molar-refractivity contribution is 0.170. The number of rotatable bonds is 11. The minimum atomic E-state index is -3.97. The van der Waals surface area contributed by atoms with Gasteiger partial charge < -0.3 is 13.7 Å². The van der Waals surface area contributed by atoms with Crippen molar-refractivity contribution in [2.24, 2.45) is 0 Å². The number of aryl methyl sites for hydroxylation is 3. The van der Waals surface area contributed by atoms with Gasteiger partial charge in [0.05, 0.1) is 6.26 Å². The third-order valence-corrected chi connectivity index (χ3v) is 8.73. The molecule has 6 nitrogen and oxygen atoms in total. The Kier molecular flexibility index (Phi) is 7.50. The standard InChI is InChI=1S/C35H39N3O3S/c1-5-20-36-23-29(26-14-8-11-17-32(26)36)35(41-42(4,39)40,30-24-37(21-6-2)33-18-12-9-15-27(30)33)31-25-38(22-7-3)34-19-13-10-16-28(31)34/h8-19,23-25H,5-7,20-22H2,1-4H3. The summed E-state index contributed by atoms with van der Waals surface area (Å²) in [5.74, 6) is 0. The number of fused-ring (bicyclic) bond motifs is 3. The molecule has 0 unspecified atom stereocenters. The van der Waals surface area contributed by atoms with Crippen molar-refractivity contribution in [2.45, 2.75) is 65.3 Å². The van der Waals surface area contributed by atoms with Gasteiger partial charge in [0.25, 0.3) is 10.1 Å². The fourth-order valence-electron chi connectivity index (χ4n) is 6.66. The van der Waals surface area contributed by atoms with Gasteiger partial charge in [-0.15, -0.1) is 0 Å². The predicted molar refractivity (Wildman–Crippen MR) is 172 cm³/mol. The molecule has 3 aromatic carbocycles. The van der Waals surface area contributed by atoms with Crippen LogP contribution in [0.15, 0.2) is 91.4 Å². The highest BCUT2D eigenvalue weighted by Crippen LogP contribution is 2.50. The highest BCUT2D eigenvalue weighted by atomic mass is 32.2. The van der Waals surface area contributed by atoms with Gasteiger partial charge in [0.2, 0.25) is 0 Å². The SMILES string of the molecule is CCCn1cc(C(OS(C)(=O)=O)(c2cn(CCC)c3ccccc23)c2cn(CCC)c3ccccc23)c2ccccc21. The molecule has 6 aromatic rings. The molecule has 0 fully saturated rings. The van der Waals surface area contributed by atoms with Gasteiger partial charge in [0.1, 0.15) is 0 Å². The first-order chi connectivity index (χ1) is 20.3. The van der Waals surface area contributed by atoms with E-state index in [2.05, 4.69) is 89.5 Å². The largest absolute Gasteiger partial charge is 0.347 e. The van der Waals surface area contributed by atoms with E-state index >= 15 is 0 Å². The maximum Gasteiger partial charge on any atom is 0.265 e. The van der Waals surface area contributed by atoms with Gasteiger partial charge in [0.15, 0.2) is 5.60 Å². The number of para-hydroxylation sites is 3. The first-order valence-electron chi connectivity index (χ1n) is 15.0. The van der Waals surface area contributed by atoms with Crippen molar-refractivity contribution in [1.29, 1.82) is 0 Å². The molecule has 0 spiro atoms. The molecule has 7 heteroatoms. The Hall–Kier alpha value is -3.81. The van der Waals surface area contributed by atoms with E-state index in [1.807, 2.05) is 36.4 Å². The Bertz CT molecular complexity index is 1790. The summed E-state index contributed by atoms with van der Waals surface area (Å²) in [4.78, 5) is 0. The molecule has 0 aliphatic heterocycles. The van der Waals surface area contributed by atoms with Crippen LogP contribution in [-0.2, 0) is 39.5 Å². The fraction of sp³-hybridized carbons (Fsp3) is 0.314. The normalized spacial score (nSPS) is 12.7. The molecule has 6 rings (SSSR count). The van der Waals surface area contributed by atoms with E-state index in [4.69, 9.17) is 4.18 Å². The van der Waals surface area contributed by atoms with Crippen LogP contribution in [0.5, 0.6) is 0 Å². The molecular weight excluding hydrogens is 542 g/mol.